The van der Waals surface area contributed by atoms with E-state index in [4.69, 9.17) is 5.11 Å². The molecule has 0 amide bonds. The van der Waals surface area contributed by atoms with E-state index in [2.05, 4.69) is 5.10 Å². The minimum atomic E-state index is -1.61. The maximum absolute atomic E-state index is 13.7. The minimum absolute atomic E-state index is 0.542. The third-order valence-corrected chi connectivity index (χ3v) is 2.40. The molecule has 102 valence electrons. The molecule has 0 atom stereocenters. The van der Waals surface area contributed by atoms with E-state index in [9.17, 15) is 24.1 Å². The van der Waals surface area contributed by atoms with Gasteiger partial charge in [0.15, 0.2) is 11.5 Å². The smallest absolute Gasteiger partial charge is 0.360 e. The summed E-state index contributed by atoms with van der Waals surface area (Å²) in [5, 5.41) is 23.0. The number of halogens is 1. The van der Waals surface area contributed by atoms with Gasteiger partial charge >= 0.3 is 5.97 Å². The van der Waals surface area contributed by atoms with Crippen LogP contribution >= 0.6 is 0 Å². The van der Waals surface area contributed by atoms with Gasteiger partial charge in [-0.15, -0.1) is 0 Å². The molecule has 2 aromatic rings. The first-order valence-electron chi connectivity index (χ1n) is 5.18. The summed E-state index contributed by atoms with van der Waals surface area (Å²) in [5.41, 5.74) is -2.88. The topological polar surface area (TPSA) is 115 Å². The number of carboxylic acids is 1. The molecule has 0 aliphatic carbocycles. The normalized spacial score (nSPS) is 10.2. The summed E-state index contributed by atoms with van der Waals surface area (Å²) in [6.45, 7) is 0. The lowest BCUT2D eigenvalue weighted by molar-refractivity contribution is -0.384. The lowest BCUT2D eigenvalue weighted by atomic mass is 10.2. The van der Waals surface area contributed by atoms with Gasteiger partial charge in [-0.2, -0.15) is 5.10 Å². The van der Waals surface area contributed by atoms with Crippen molar-refractivity contribution in [3.63, 3.8) is 0 Å². The summed E-state index contributed by atoms with van der Waals surface area (Å²) in [7, 11) is 0. The van der Waals surface area contributed by atoms with Crippen LogP contribution in [0.15, 0.2) is 35.3 Å². The lowest BCUT2D eigenvalue weighted by Crippen LogP contribution is -2.21. The lowest BCUT2D eigenvalue weighted by Gasteiger charge is -2.07. The molecule has 1 N–H and O–H groups in total. The molecule has 0 radical (unpaired) electrons. The van der Waals surface area contributed by atoms with E-state index in [1.807, 2.05) is 0 Å². The monoisotopic (exact) mass is 279 g/mol. The number of carboxylic acid groups (broad SMARTS) is 1. The molecule has 0 aliphatic heterocycles. The Labute approximate surface area is 109 Å². The van der Waals surface area contributed by atoms with Gasteiger partial charge in [0.2, 0.25) is 11.1 Å². The summed E-state index contributed by atoms with van der Waals surface area (Å²) in [6, 6.07) is 3.98. The number of aromatic nitrogens is 2. The molecule has 1 aromatic heterocycles. The van der Waals surface area contributed by atoms with Crippen molar-refractivity contribution in [2.75, 3.05) is 0 Å². The number of rotatable bonds is 3. The molecule has 9 heteroatoms. The molecular weight excluding hydrogens is 273 g/mol. The van der Waals surface area contributed by atoms with E-state index in [1.54, 1.807) is 0 Å². The second kappa shape index (κ2) is 4.88. The fourth-order valence-electron chi connectivity index (χ4n) is 1.56. The zero-order valence-electron chi connectivity index (χ0n) is 9.69. The number of aromatic carboxylic acids is 1. The van der Waals surface area contributed by atoms with E-state index in [0.29, 0.717) is 4.68 Å². The van der Waals surface area contributed by atoms with Crippen molar-refractivity contribution in [2.45, 2.75) is 0 Å². The molecule has 1 heterocycles. The van der Waals surface area contributed by atoms with Crippen molar-refractivity contribution in [1.82, 2.24) is 9.78 Å². The van der Waals surface area contributed by atoms with Gasteiger partial charge in [0.1, 0.15) is 0 Å². The molecular formula is C11H6FN3O5. The number of para-hydroxylation sites is 1. The minimum Gasteiger partial charge on any atom is -0.476 e. The molecule has 0 spiro atoms. The highest BCUT2D eigenvalue weighted by atomic mass is 19.1. The molecule has 0 bridgehead atoms. The third-order valence-electron chi connectivity index (χ3n) is 2.40. The van der Waals surface area contributed by atoms with Crippen LogP contribution in [0.5, 0.6) is 0 Å². The fraction of sp³-hybridized carbons (Fsp3) is 0. The van der Waals surface area contributed by atoms with Gasteiger partial charge in [0, 0.05) is 18.3 Å². The molecule has 0 saturated carbocycles. The Morgan fingerprint density at radius 1 is 1.40 bits per heavy atom. The highest BCUT2D eigenvalue weighted by Gasteiger charge is 2.21. The van der Waals surface area contributed by atoms with Crippen LogP contribution in [0.25, 0.3) is 5.69 Å². The number of carbonyl (C=O) groups is 1. The highest BCUT2D eigenvalue weighted by Crippen LogP contribution is 2.24. The zero-order valence-corrected chi connectivity index (χ0v) is 9.69. The first-order valence-corrected chi connectivity index (χ1v) is 5.18. The number of benzene rings is 1. The summed E-state index contributed by atoms with van der Waals surface area (Å²) in [6.07, 6.45) is 0.959. The number of nitrogens with zero attached hydrogens (tertiary/aromatic N) is 3. The Kier molecular flexibility index (Phi) is 3.25. The van der Waals surface area contributed by atoms with E-state index >= 15 is 0 Å². The Hall–Kier alpha value is -3.10. The van der Waals surface area contributed by atoms with Crippen LogP contribution in [0.3, 0.4) is 0 Å². The van der Waals surface area contributed by atoms with Gasteiger partial charge in [0.25, 0.3) is 5.69 Å². The van der Waals surface area contributed by atoms with Crippen LogP contribution in [0.2, 0.25) is 0 Å². The van der Waals surface area contributed by atoms with Gasteiger partial charge in [-0.3, -0.25) is 14.9 Å². The molecule has 1 aromatic carbocycles. The van der Waals surface area contributed by atoms with Crippen LogP contribution in [-0.4, -0.2) is 25.8 Å². The molecule has 0 unspecified atom stereocenters. The average molecular weight is 279 g/mol. The van der Waals surface area contributed by atoms with Gasteiger partial charge in [-0.05, 0) is 6.07 Å². The first-order chi connectivity index (χ1) is 9.41. The Morgan fingerprint density at radius 3 is 2.70 bits per heavy atom. The van der Waals surface area contributed by atoms with Crippen molar-refractivity contribution in [1.29, 1.82) is 0 Å². The van der Waals surface area contributed by atoms with E-state index in [-0.39, 0.29) is 0 Å². The quantitative estimate of drug-likeness (QED) is 0.661. The van der Waals surface area contributed by atoms with Crippen LogP contribution in [0, 0.1) is 15.9 Å². The number of hydrogen-bond donors (Lipinski definition) is 1. The molecule has 20 heavy (non-hydrogen) atoms. The van der Waals surface area contributed by atoms with Crippen molar-refractivity contribution in [3.05, 3.63) is 62.3 Å². The standard InChI is InChI=1S/C11H6FN3O5/c12-6-2-1-3-7(15(19)20)10(6)14-5-4-8(16)9(13-14)11(17)18/h1-5H,(H,17,18). The van der Waals surface area contributed by atoms with Gasteiger partial charge in [0.05, 0.1) is 4.92 Å². The number of nitro benzene ring substituents is 1. The van der Waals surface area contributed by atoms with Crippen LogP contribution in [0.4, 0.5) is 10.1 Å². The number of nitro groups is 1. The predicted molar refractivity (Wildman–Crippen MR) is 63.4 cm³/mol. The maximum atomic E-state index is 13.7. The average Bonchev–Trinajstić information content (AvgIpc) is 2.39. The van der Waals surface area contributed by atoms with E-state index in [0.717, 1.165) is 30.5 Å². The second-order valence-corrected chi connectivity index (χ2v) is 3.64. The molecule has 8 nitrogen and oxygen atoms in total. The Morgan fingerprint density at radius 2 is 2.10 bits per heavy atom. The van der Waals surface area contributed by atoms with E-state index < -0.39 is 39.2 Å². The SMILES string of the molecule is O=C(O)c1nn(-c2c(F)cccc2[N+](=O)[O-])ccc1=O. The number of hydrogen-bond acceptors (Lipinski definition) is 5. The Bertz CT molecular complexity index is 771. The zero-order chi connectivity index (χ0) is 14.9. The van der Waals surface area contributed by atoms with Crippen molar-refractivity contribution >= 4 is 11.7 Å². The maximum Gasteiger partial charge on any atom is 0.360 e. The predicted octanol–water partition coefficient (Wildman–Crippen LogP) is 0.978. The molecule has 0 fully saturated rings. The summed E-state index contributed by atoms with van der Waals surface area (Å²) in [4.78, 5) is 32.1. The van der Waals surface area contributed by atoms with Gasteiger partial charge < -0.3 is 5.11 Å². The van der Waals surface area contributed by atoms with Crippen LogP contribution < -0.4 is 5.43 Å². The summed E-state index contributed by atoms with van der Waals surface area (Å²) < 4.78 is 14.4. The molecule has 0 saturated heterocycles. The van der Waals surface area contributed by atoms with Crippen LogP contribution in [0.1, 0.15) is 10.5 Å². The van der Waals surface area contributed by atoms with Crippen molar-refractivity contribution in [3.8, 4) is 5.69 Å². The summed E-state index contributed by atoms with van der Waals surface area (Å²) >= 11 is 0. The first kappa shape index (κ1) is 13.3. The van der Waals surface area contributed by atoms with Crippen molar-refractivity contribution < 1.29 is 19.2 Å². The third kappa shape index (κ3) is 2.23. The second-order valence-electron chi connectivity index (χ2n) is 3.64. The van der Waals surface area contributed by atoms with Gasteiger partial charge in [-0.1, -0.05) is 6.07 Å². The molecule has 2 rings (SSSR count). The molecule has 0 aliphatic rings. The summed E-state index contributed by atoms with van der Waals surface area (Å²) in [5.74, 6) is -2.57. The largest absolute Gasteiger partial charge is 0.476 e. The highest BCUT2D eigenvalue weighted by molar-refractivity contribution is 5.84. The van der Waals surface area contributed by atoms with Crippen LogP contribution in [-0.2, 0) is 0 Å². The van der Waals surface area contributed by atoms with E-state index in [1.165, 1.54) is 0 Å². The van der Waals surface area contributed by atoms with Crippen molar-refractivity contribution in [2.24, 2.45) is 0 Å². The Balaban J connectivity index is 2.75. The van der Waals surface area contributed by atoms with Gasteiger partial charge in [-0.25, -0.2) is 13.9 Å². The fourth-order valence-corrected chi connectivity index (χ4v) is 1.56.